The molecule has 2 saturated carbocycles. The standard InChI is InChI=1S/C9H12O2.C4H10/c10-9-8-6-2-1-5(3-6)7(8)4-11-9;1-4(2)3/h5-8H,1-4H2;4H,1-3H3. The second kappa shape index (κ2) is 4.15. The van der Waals surface area contributed by atoms with Crippen molar-refractivity contribution in [3.63, 3.8) is 0 Å². The summed E-state index contributed by atoms with van der Waals surface area (Å²) in [5, 5.41) is 0. The second-order valence-electron chi connectivity index (χ2n) is 5.88. The molecule has 3 fully saturated rings. The lowest BCUT2D eigenvalue weighted by Gasteiger charge is -2.19. The topological polar surface area (TPSA) is 26.3 Å². The Morgan fingerprint density at radius 2 is 1.80 bits per heavy atom. The van der Waals surface area contributed by atoms with E-state index in [-0.39, 0.29) is 5.97 Å². The Morgan fingerprint density at radius 1 is 1.20 bits per heavy atom. The molecule has 4 atom stereocenters. The first-order valence-corrected chi connectivity index (χ1v) is 6.26. The molecular weight excluding hydrogens is 188 g/mol. The third-order valence-corrected chi connectivity index (χ3v) is 3.78. The molecule has 0 aromatic carbocycles. The van der Waals surface area contributed by atoms with Gasteiger partial charge >= 0.3 is 5.97 Å². The van der Waals surface area contributed by atoms with E-state index in [1.165, 1.54) is 19.3 Å². The van der Waals surface area contributed by atoms with Gasteiger partial charge in [0.25, 0.3) is 0 Å². The van der Waals surface area contributed by atoms with Crippen LogP contribution in [0.3, 0.4) is 0 Å². The molecule has 86 valence electrons. The fourth-order valence-corrected chi connectivity index (χ4v) is 3.29. The molecule has 3 rings (SSSR count). The van der Waals surface area contributed by atoms with Gasteiger partial charge in [-0.15, -0.1) is 0 Å². The smallest absolute Gasteiger partial charge is 0.309 e. The van der Waals surface area contributed by atoms with Gasteiger partial charge < -0.3 is 4.74 Å². The monoisotopic (exact) mass is 210 g/mol. The van der Waals surface area contributed by atoms with Crippen molar-refractivity contribution in [2.24, 2.45) is 29.6 Å². The fourth-order valence-electron chi connectivity index (χ4n) is 3.29. The third-order valence-electron chi connectivity index (χ3n) is 3.78. The number of ether oxygens (including phenoxy) is 1. The molecule has 0 aromatic heterocycles. The van der Waals surface area contributed by atoms with E-state index in [0.29, 0.717) is 17.8 Å². The van der Waals surface area contributed by atoms with Gasteiger partial charge in [-0.1, -0.05) is 20.8 Å². The zero-order valence-corrected chi connectivity index (χ0v) is 10.0. The van der Waals surface area contributed by atoms with Gasteiger partial charge in [0, 0.05) is 5.92 Å². The summed E-state index contributed by atoms with van der Waals surface area (Å²) in [5.74, 6) is 3.38. The number of carbonyl (C=O) groups is 1. The second-order valence-corrected chi connectivity index (χ2v) is 5.88. The number of cyclic esters (lactones) is 1. The Balaban J connectivity index is 0.000000188. The molecule has 15 heavy (non-hydrogen) atoms. The number of esters is 1. The van der Waals surface area contributed by atoms with E-state index in [1.807, 2.05) is 0 Å². The predicted molar refractivity (Wildman–Crippen MR) is 59.3 cm³/mol. The molecule has 0 spiro atoms. The van der Waals surface area contributed by atoms with Gasteiger partial charge in [0.15, 0.2) is 0 Å². The Morgan fingerprint density at radius 3 is 2.40 bits per heavy atom. The molecule has 1 aliphatic heterocycles. The van der Waals surface area contributed by atoms with Gasteiger partial charge in [0.05, 0.1) is 12.5 Å². The zero-order chi connectivity index (χ0) is 11.0. The SMILES string of the molecule is CC(C)C.O=C1OCC2C3CCC(C3)C12. The molecule has 4 unspecified atom stereocenters. The van der Waals surface area contributed by atoms with Crippen molar-refractivity contribution in [2.45, 2.75) is 40.0 Å². The van der Waals surface area contributed by atoms with Crippen LogP contribution in [0.4, 0.5) is 0 Å². The molecule has 3 aliphatic rings. The van der Waals surface area contributed by atoms with Crippen molar-refractivity contribution in [2.75, 3.05) is 6.61 Å². The van der Waals surface area contributed by atoms with Crippen molar-refractivity contribution in [3.05, 3.63) is 0 Å². The quantitative estimate of drug-likeness (QED) is 0.575. The van der Waals surface area contributed by atoms with E-state index in [2.05, 4.69) is 20.8 Å². The number of fused-ring (bicyclic) bond motifs is 5. The lowest BCUT2D eigenvalue weighted by atomic mass is 9.81. The molecule has 0 radical (unpaired) electrons. The maximum absolute atomic E-state index is 11.2. The van der Waals surface area contributed by atoms with Gasteiger partial charge in [0.1, 0.15) is 0 Å². The maximum atomic E-state index is 11.2. The molecule has 2 aliphatic carbocycles. The lowest BCUT2D eigenvalue weighted by Crippen LogP contribution is -2.22. The van der Waals surface area contributed by atoms with Crippen LogP contribution in [0.25, 0.3) is 0 Å². The average Bonchev–Trinajstić information content (AvgIpc) is 2.76. The van der Waals surface area contributed by atoms with Crippen LogP contribution in [0.2, 0.25) is 0 Å². The lowest BCUT2D eigenvalue weighted by molar-refractivity contribution is -0.142. The zero-order valence-electron chi connectivity index (χ0n) is 10.0. The van der Waals surface area contributed by atoms with Crippen LogP contribution in [0.5, 0.6) is 0 Å². The highest BCUT2D eigenvalue weighted by Crippen LogP contribution is 2.54. The number of hydrogen-bond acceptors (Lipinski definition) is 2. The van der Waals surface area contributed by atoms with E-state index >= 15 is 0 Å². The summed E-state index contributed by atoms with van der Waals surface area (Å²) < 4.78 is 5.06. The summed E-state index contributed by atoms with van der Waals surface area (Å²) in [5.41, 5.74) is 0. The van der Waals surface area contributed by atoms with Crippen LogP contribution in [0.15, 0.2) is 0 Å². The molecule has 2 nitrogen and oxygen atoms in total. The van der Waals surface area contributed by atoms with Crippen LogP contribution in [0.1, 0.15) is 40.0 Å². The van der Waals surface area contributed by atoms with Gasteiger partial charge in [-0.05, 0) is 37.0 Å². The van der Waals surface area contributed by atoms with Crippen LogP contribution >= 0.6 is 0 Å². The summed E-state index contributed by atoms with van der Waals surface area (Å²) in [6, 6.07) is 0. The summed E-state index contributed by atoms with van der Waals surface area (Å²) in [7, 11) is 0. The Labute approximate surface area is 92.4 Å². The van der Waals surface area contributed by atoms with E-state index in [4.69, 9.17) is 4.74 Å². The largest absolute Gasteiger partial charge is 0.465 e. The Bertz CT molecular complexity index is 244. The molecule has 0 amide bonds. The van der Waals surface area contributed by atoms with Crippen molar-refractivity contribution in [1.29, 1.82) is 0 Å². The van der Waals surface area contributed by atoms with Crippen molar-refractivity contribution < 1.29 is 9.53 Å². The Kier molecular flexibility index (Phi) is 3.03. The fraction of sp³-hybridized carbons (Fsp3) is 0.923. The summed E-state index contributed by atoms with van der Waals surface area (Å²) in [6.07, 6.45) is 3.94. The molecule has 0 N–H and O–H groups in total. The van der Waals surface area contributed by atoms with E-state index in [0.717, 1.165) is 18.4 Å². The number of carbonyl (C=O) groups excluding carboxylic acids is 1. The Hall–Kier alpha value is -0.530. The minimum atomic E-state index is 0.0993. The molecular formula is C13H22O2. The van der Waals surface area contributed by atoms with Gasteiger partial charge in [0.2, 0.25) is 0 Å². The van der Waals surface area contributed by atoms with E-state index in [1.54, 1.807) is 0 Å². The van der Waals surface area contributed by atoms with Crippen molar-refractivity contribution in [3.8, 4) is 0 Å². The van der Waals surface area contributed by atoms with Crippen molar-refractivity contribution >= 4 is 5.97 Å². The summed E-state index contributed by atoms with van der Waals surface area (Å²) >= 11 is 0. The molecule has 2 heteroatoms. The minimum absolute atomic E-state index is 0.0993. The van der Waals surface area contributed by atoms with Gasteiger partial charge in [-0.3, -0.25) is 4.79 Å². The van der Waals surface area contributed by atoms with Crippen molar-refractivity contribution in [1.82, 2.24) is 0 Å². The van der Waals surface area contributed by atoms with Gasteiger partial charge in [-0.2, -0.15) is 0 Å². The van der Waals surface area contributed by atoms with E-state index in [9.17, 15) is 4.79 Å². The van der Waals surface area contributed by atoms with Crippen LogP contribution in [0, 0.1) is 29.6 Å². The molecule has 0 aromatic rings. The number of hydrogen-bond donors (Lipinski definition) is 0. The molecule has 1 heterocycles. The third kappa shape index (κ3) is 2.04. The molecule has 1 saturated heterocycles. The normalized spacial score (nSPS) is 41.2. The number of rotatable bonds is 0. The van der Waals surface area contributed by atoms with Crippen LogP contribution < -0.4 is 0 Å². The molecule has 2 bridgehead atoms. The van der Waals surface area contributed by atoms with E-state index < -0.39 is 0 Å². The summed E-state index contributed by atoms with van der Waals surface area (Å²) in [6.45, 7) is 7.23. The highest BCUT2D eigenvalue weighted by molar-refractivity contribution is 5.75. The minimum Gasteiger partial charge on any atom is -0.465 e. The average molecular weight is 210 g/mol. The first-order valence-electron chi connectivity index (χ1n) is 6.26. The van der Waals surface area contributed by atoms with Crippen LogP contribution in [-0.2, 0) is 9.53 Å². The van der Waals surface area contributed by atoms with Crippen LogP contribution in [-0.4, -0.2) is 12.6 Å². The highest BCUT2D eigenvalue weighted by atomic mass is 16.5. The summed E-state index contributed by atoms with van der Waals surface area (Å²) in [4.78, 5) is 11.2. The first kappa shape index (κ1) is 11.0. The predicted octanol–water partition coefficient (Wildman–Crippen LogP) is 2.87. The van der Waals surface area contributed by atoms with Gasteiger partial charge in [-0.25, -0.2) is 0 Å². The maximum Gasteiger partial charge on any atom is 0.309 e. The first-order chi connectivity index (χ1) is 7.09. The highest BCUT2D eigenvalue weighted by Gasteiger charge is 2.54.